The summed E-state index contributed by atoms with van der Waals surface area (Å²) in [4.78, 5) is 1.15. The van der Waals surface area contributed by atoms with Crippen molar-refractivity contribution in [3.8, 4) is 6.07 Å². The first-order chi connectivity index (χ1) is 9.95. The predicted molar refractivity (Wildman–Crippen MR) is 83.3 cm³/mol. The van der Waals surface area contributed by atoms with Crippen LogP contribution in [0.1, 0.15) is 24.3 Å². The minimum Gasteiger partial charge on any atom is -0.207 e. The Hall–Kier alpha value is -1.68. The first kappa shape index (κ1) is 15.7. The largest absolute Gasteiger partial charge is 0.243 e. The van der Waals surface area contributed by atoms with Crippen molar-refractivity contribution in [2.24, 2.45) is 0 Å². The van der Waals surface area contributed by atoms with Crippen molar-refractivity contribution in [3.63, 3.8) is 0 Å². The van der Waals surface area contributed by atoms with Crippen LogP contribution in [0, 0.1) is 11.3 Å². The maximum atomic E-state index is 12.8. The summed E-state index contributed by atoms with van der Waals surface area (Å²) >= 11 is 1.53. The molecule has 2 aromatic rings. The van der Waals surface area contributed by atoms with Gasteiger partial charge in [0.1, 0.15) is 0 Å². The second-order valence-corrected chi connectivity index (χ2v) is 7.79. The third-order valence-electron chi connectivity index (χ3n) is 3.04. The minimum absolute atomic E-state index is 0.159. The zero-order chi connectivity index (χ0) is 15.5. The van der Waals surface area contributed by atoms with Crippen LogP contribution in [0.25, 0.3) is 0 Å². The van der Waals surface area contributed by atoms with Crippen LogP contribution in [0.4, 0.5) is 0 Å². The minimum atomic E-state index is -3.62. The van der Waals surface area contributed by atoms with E-state index in [1.807, 2.05) is 37.4 Å². The predicted octanol–water partition coefficient (Wildman–Crippen LogP) is 3.22. The van der Waals surface area contributed by atoms with Crippen molar-refractivity contribution in [2.75, 3.05) is 0 Å². The molecule has 0 saturated carbocycles. The highest BCUT2D eigenvalue weighted by Gasteiger charge is 2.27. The molecule has 6 heteroatoms. The molecule has 4 nitrogen and oxygen atoms in total. The molecule has 0 atom stereocenters. The molecule has 0 fully saturated rings. The topological polar surface area (TPSA) is 61.2 Å². The number of rotatable bonds is 5. The van der Waals surface area contributed by atoms with E-state index >= 15 is 0 Å². The summed E-state index contributed by atoms with van der Waals surface area (Å²) < 4.78 is 27.0. The number of nitriles is 1. The molecule has 0 aliphatic rings. The van der Waals surface area contributed by atoms with E-state index in [1.165, 1.54) is 27.8 Å². The second-order valence-electron chi connectivity index (χ2n) is 4.86. The fourth-order valence-electron chi connectivity index (χ4n) is 1.96. The Labute approximate surface area is 129 Å². The quantitative estimate of drug-likeness (QED) is 0.850. The molecule has 1 aromatic heterocycles. The standard InChI is InChI=1S/C15H16N2O2S2/c1-12(2)17(11-14-6-4-8-20-14)21(18,19)15-7-3-5-13(9-15)10-16/h3-9,12H,11H2,1-2H3. The Morgan fingerprint density at radius 2 is 2.05 bits per heavy atom. The van der Waals surface area contributed by atoms with Gasteiger partial charge in [0.25, 0.3) is 0 Å². The SMILES string of the molecule is CC(C)N(Cc1cccs1)S(=O)(=O)c1cccc(C#N)c1. The second kappa shape index (κ2) is 6.39. The van der Waals surface area contributed by atoms with Gasteiger partial charge in [-0.25, -0.2) is 8.42 Å². The Bertz CT molecular complexity index is 744. The van der Waals surface area contributed by atoms with Gasteiger partial charge < -0.3 is 0 Å². The highest BCUT2D eigenvalue weighted by molar-refractivity contribution is 7.89. The van der Waals surface area contributed by atoms with E-state index in [0.29, 0.717) is 12.1 Å². The van der Waals surface area contributed by atoms with Crippen LogP contribution in [0.15, 0.2) is 46.7 Å². The fourth-order valence-corrected chi connectivity index (χ4v) is 4.41. The van der Waals surface area contributed by atoms with Gasteiger partial charge >= 0.3 is 0 Å². The van der Waals surface area contributed by atoms with Gasteiger partial charge in [-0.2, -0.15) is 9.57 Å². The number of thiophene rings is 1. The molecule has 0 aliphatic heterocycles. The maximum Gasteiger partial charge on any atom is 0.243 e. The Morgan fingerprint density at radius 3 is 2.62 bits per heavy atom. The summed E-state index contributed by atoms with van der Waals surface area (Å²) in [6.45, 7) is 4.03. The molecule has 0 saturated heterocycles. The van der Waals surface area contributed by atoms with E-state index in [9.17, 15) is 8.42 Å². The summed E-state index contributed by atoms with van der Waals surface area (Å²) in [6, 6.07) is 11.8. The van der Waals surface area contributed by atoms with Crippen LogP contribution in [-0.2, 0) is 16.6 Å². The van der Waals surface area contributed by atoms with E-state index in [-0.39, 0.29) is 10.9 Å². The summed E-state index contributed by atoms with van der Waals surface area (Å²) in [5.41, 5.74) is 0.343. The molecule has 2 rings (SSSR count). The number of sulfonamides is 1. The lowest BCUT2D eigenvalue weighted by molar-refractivity contribution is 0.350. The van der Waals surface area contributed by atoms with Crippen LogP contribution in [-0.4, -0.2) is 18.8 Å². The number of nitrogens with zero attached hydrogens (tertiary/aromatic N) is 2. The Balaban J connectivity index is 2.40. The van der Waals surface area contributed by atoms with Gasteiger partial charge in [-0.15, -0.1) is 11.3 Å². The summed E-state index contributed by atoms with van der Waals surface area (Å²) in [5, 5.41) is 10.9. The highest BCUT2D eigenvalue weighted by Crippen LogP contribution is 2.23. The van der Waals surface area contributed by atoms with Crippen LogP contribution in [0.2, 0.25) is 0 Å². The maximum absolute atomic E-state index is 12.8. The third-order valence-corrected chi connectivity index (χ3v) is 5.92. The van der Waals surface area contributed by atoms with Crippen molar-refractivity contribution in [1.29, 1.82) is 5.26 Å². The summed E-state index contributed by atoms with van der Waals surface area (Å²) in [5.74, 6) is 0. The Morgan fingerprint density at radius 1 is 1.29 bits per heavy atom. The molecule has 0 aliphatic carbocycles. The normalized spacial score (nSPS) is 11.8. The van der Waals surface area contributed by atoms with E-state index < -0.39 is 10.0 Å². The van der Waals surface area contributed by atoms with Gasteiger partial charge in [0.2, 0.25) is 10.0 Å². The van der Waals surface area contributed by atoms with E-state index in [1.54, 1.807) is 12.1 Å². The van der Waals surface area contributed by atoms with Gasteiger partial charge in [0.15, 0.2) is 0 Å². The van der Waals surface area contributed by atoms with Crippen molar-refractivity contribution in [1.82, 2.24) is 4.31 Å². The Kier molecular flexibility index (Phi) is 4.78. The molecule has 1 aromatic carbocycles. The third kappa shape index (κ3) is 3.50. The van der Waals surface area contributed by atoms with Gasteiger partial charge in [-0.3, -0.25) is 0 Å². The van der Waals surface area contributed by atoms with Crippen LogP contribution in [0.3, 0.4) is 0 Å². The van der Waals surface area contributed by atoms with Crippen LogP contribution in [0.5, 0.6) is 0 Å². The lowest BCUT2D eigenvalue weighted by atomic mass is 10.2. The fraction of sp³-hybridized carbons (Fsp3) is 0.267. The van der Waals surface area contributed by atoms with Gasteiger partial charge in [0, 0.05) is 17.5 Å². The molecule has 0 amide bonds. The molecule has 1 heterocycles. The molecule has 0 N–H and O–H groups in total. The zero-order valence-corrected chi connectivity index (χ0v) is 13.5. The lowest BCUT2D eigenvalue weighted by Gasteiger charge is -2.25. The molecule has 110 valence electrons. The van der Waals surface area contributed by atoms with Gasteiger partial charge in [-0.1, -0.05) is 12.1 Å². The van der Waals surface area contributed by atoms with E-state index in [4.69, 9.17) is 5.26 Å². The van der Waals surface area contributed by atoms with Crippen molar-refractivity contribution in [3.05, 3.63) is 52.2 Å². The monoisotopic (exact) mass is 320 g/mol. The number of hydrogen-bond acceptors (Lipinski definition) is 4. The van der Waals surface area contributed by atoms with Crippen LogP contribution < -0.4 is 0 Å². The van der Waals surface area contributed by atoms with Crippen LogP contribution >= 0.6 is 11.3 Å². The highest BCUT2D eigenvalue weighted by atomic mass is 32.2. The van der Waals surface area contributed by atoms with E-state index in [0.717, 1.165) is 4.88 Å². The van der Waals surface area contributed by atoms with Crippen molar-refractivity contribution in [2.45, 2.75) is 31.3 Å². The molecule has 0 spiro atoms. The molecule has 0 bridgehead atoms. The van der Waals surface area contributed by atoms with Crippen molar-refractivity contribution >= 4 is 21.4 Å². The molecule has 21 heavy (non-hydrogen) atoms. The summed E-state index contributed by atoms with van der Waals surface area (Å²) in [7, 11) is -3.62. The van der Waals surface area contributed by atoms with Gasteiger partial charge in [0.05, 0.1) is 16.5 Å². The molecular formula is C15H16N2O2S2. The first-order valence-corrected chi connectivity index (χ1v) is 8.81. The molecule has 0 unspecified atom stereocenters. The molecular weight excluding hydrogens is 304 g/mol. The number of benzene rings is 1. The number of hydrogen-bond donors (Lipinski definition) is 0. The lowest BCUT2D eigenvalue weighted by Crippen LogP contribution is -2.36. The zero-order valence-electron chi connectivity index (χ0n) is 11.9. The average molecular weight is 320 g/mol. The first-order valence-electron chi connectivity index (χ1n) is 6.49. The van der Waals surface area contributed by atoms with Crippen molar-refractivity contribution < 1.29 is 8.42 Å². The molecule has 0 radical (unpaired) electrons. The van der Waals surface area contributed by atoms with E-state index in [2.05, 4.69) is 0 Å². The summed E-state index contributed by atoms with van der Waals surface area (Å²) in [6.07, 6.45) is 0. The van der Waals surface area contributed by atoms with Gasteiger partial charge in [-0.05, 0) is 43.5 Å². The average Bonchev–Trinajstić information content (AvgIpc) is 2.97. The smallest absolute Gasteiger partial charge is 0.207 e.